The molecule has 0 aliphatic carbocycles. The summed E-state index contributed by atoms with van der Waals surface area (Å²) in [6.07, 6.45) is 1.49. The first-order valence-electron chi connectivity index (χ1n) is 6.41. The Morgan fingerprint density at radius 3 is 2.90 bits per heavy atom. The molecule has 3 N–H and O–H groups in total. The predicted octanol–water partition coefficient (Wildman–Crippen LogP) is 1.59. The van der Waals surface area contributed by atoms with Crippen LogP contribution in [0.2, 0.25) is 5.02 Å². The molecule has 1 fully saturated rings. The van der Waals surface area contributed by atoms with E-state index in [1.54, 1.807) is 31.3 Å². The Morgan fingerprint density at radius 2 is 2.20 bits per heavy atom. The minimum absolute atomic E-state index is 0.230. The summed E-state index contributed by atoms with van der Waals surface area (Å²) in [7, 11) is 1.56. The van der Waals surface area contributed by atoms with Gasteiger partial charge in [-0.2, -0.15) is 0 Å². The molecule has 0 radical (unpaired) electrons. The third kappa shape index (κ3) is 3.33. The maximum absolute atomic E-state index is 12.1. The molecule has 7 heteroatoms. The van der Waals surface area contributed by atoms with Gasteiger partial charge in [0.2, 0.25) is 0 Å². The van der Waals surface area contributed by atoms with Gasteiger partial charge in [-0.05, 0) is 31.0 Å². The van der Waals surface area contributed by atoms with Crippen molar-refractivity contribution in [3.05, 3.63) is 29.3 Å². The molecule has 2 rings (SSSR count). The van der Waals surface area contributed by atoms with Crippen molar-refractivity contribution in [3.8, 4) is 0 Å². The molecule has 1 atom stereocenters. The van der Waals surface area contributed by atoms with E-state index in [4.69, 9.17) is 11.6 Å². The van der Waals surface area contributed by atoms with Crippen LogP contribution in [0.4, 0.5) is 10.5 Å². The highest BCUT2D eigenvalue weighted by molar-refractivity contribution is 6.30. The van der Waals surface area contributed by atoms with Gasteiger partial charge in [-0.25, -0.2) is 4.79 Å². The van der Waals surface area contributed by atoms with Crippen molar-refractivity contribution in [2.24, 2.45) is 0 Å². The number of urea groups is 1. The number of nitrogens with zero attached hydrogens (tertiary/aromatic N) is 1. The number of hydrazine groups is 1. The van der Waals surface area contributed by atoms with Gasteiger partial charge in [-0.15, -0.1) is 0 Å². The summed E-state index contributed by atoms with van der Waals surface area (Å²) < 4.78 is 0. The predicted molar refractivity (Wildman–Crippen MR) is 77.4 cm³/mol. The van der Waals surface area contributed by atoms with Crippen LogP contribution in [0.25, 0.3) is 0 Å². The average Bonchev–Trinajstić information content (AvgIpc) is 2.93. The van der Waals surface area contributed by atoms with Crippen molar-refractivity contribution >= 4 is 29.2 Å². The van der Waals surface area contributed by atoms with Gasteiger partial charge in [-0.1, -0.05) is 17.7 Å². The molecule has 1 unspecified atom stereocenters. The molecule has 0 aromatic heterocycles. The Morgan fingerprint density at radius 1 is 1.40 bits per heavy atom. The van der Waals surface area contributed by atoms with Crippen molar-refractivity contribution in [2.45, 2.75) is 18.9 Å². The molecule has 6 nitrogen and oxygen atoms in total. The molecule has 1 heterocycles. The van der Waals surface area contributed by atoms with Crippen molar-refractivity contribution in [1.82, 2.24) is 15.6 Å². The lowest BCUT2D eigenvalue weighted by molar-refractivity contribution is -0.124. The fourth-order valence-corrected chi connectivity index (χ4v) is 2.40. The monoisotopic (exact) mass is 296 g/mol. The summed E-state index contributed by atoms with van der Waals surface area (Å²) >= 11 is 5.86. The standard InChI is InChI=1S/C13H17ClN4O2/c1-15-13(20)18-7-3-6-11(18)12(19)17-16-10-5-2-4-9(14)8-10/h2,4-5,8,11,16H,3,6-7H2,1H3,(H,15,20)(H,17,19). The van der Waals surface area contributed by atoms with Crippen molar-refractivity contribution in [3.63, 3.8) is 0 Å². The summed E-state index contributed by atoms with van der Waals surface area (Å²) in [5.74, 6) is -0.230. The van der Waals surface area contributed by atoms with E-state index in [0.29, 0.717) is 23.7 Å². The number of benzene rings is 1. The number of carbonyl (C=O) groups is 2. The SMILES string of the molecule is CNC(=O)N1CCCC1C(=O)NNc1cccc(Cl)c1. The van der Waals surface area contributed by atoms with Crippen molar-refractivity contribution < 1.29 is 9.59 Å². The molecule has 1 aromatic carbocycles. The number of amides is 3. The summed E-state index contributed by atoms with van der Waals surface area (Å²) in [5.41, 5.74) is 6.10. The molecule has 108 valence electrons. The first kappa shape index (κ1) is 14.5. The molecular formula is C13H17ClN4O2. The molecule has 0 bridgehead atoms. The van der Waals surface area contributed by atoms with Crippen LogP contribution in [-0.2, 0) is 4.79 Å². The highest BCUT2D eigenvalue weighted by Gasteiger charge is 2.33. The largest absolute Gasteiger partial charge is 0.341 e. The Kier molecular flexibility index (Phi) is 4.68. The molecular weight excluding hydrogens is 280 g/mol. The molecule has 0 spiro atoms. The van der Waals surface area contributed by atoms with Crippen LogP contribution in [0, 0.1) is 0 Å². The van der Waals surface area contributed by atoms with E-state index in [2.05, 4.69) is 16.2 Å². The quantitative estimate of drug-likeness (QED) is 0.742. The summed E-state index contributed by atoms with van der Waals surface area (Å²) in [6, 6.07) is 6.35. The normalized spacial score (nSPS) is 17.7. The highest BCUT2D eigenvalue weighted by atomic mass is 35.5. The summed E-state index contributed by atoms with van der Waals surface area (Å²) in [6.45, 7) is 0.592. The van der Waals surface area contributed by atoms with Gasteiger partial charge in [0.05, 0.1) is 5.69 Å². The second-order valence-electron chi connectivity index (χ2n) is 4.53. The van der Waals surface area contributed by atoms with E-state index >= 15 is 0 Å². The van der Waals surface area contributed by atoms with Gasteiger partial charge in [0.1, 0.15) is 6.04 Å². The van der Waals surface area contributed by atoms with Gasteiger partial charge in [0.15, 0.2) is 0 Å². The maximum atomic E-state index is 12.1. The van der Waals surface area contributed by atoms with E-state index in [9.17, 15) is 9.59 Å². The summed E-state index contributed by atoms with van der Waals surface area (Å²) in [5, 5.41) is 3.12. The van der Waals surface area contributed by atoms with Crippen LogP contribution in [0.15, 0.2) is 24.3 Å². The zero-order valence-electron chi connectivity index (χ0n) is 11.1. The smallest absolute Gasteiger partial charge is 0.317 e. The van der Waals surface area contributed by atoms with E-state index in [0.717, 1.165) is 6.42 Å². The lowest BCUT2D eigenvalue weighted by atomic mass is 10.2. The molecule has 20 heavy (non-hydrogen) atoms. The number of rotatable bonds is 3. The van der Waals surface area contributed by atoms with Crippen LogP contribution < -0.4 is 16.2 Å². The molecule has 3 amide bonds. The number of anilines is 1. The van der Waals surface area contributed by atoms with Gasteiger partial charge < -0.3 is 10.2 Å². The summed E-state index contributed by atoms with van der Waals surface area (Å²) in [4.78, 5) is 25.3. The number of nitrogens with one attached hydrogen (secondary N) is 3. The van der Waals surface area contributed by atoms with Gasteiger partial charge in [-0.3, -0.25) is 15.6 Å². The van der Waals surface area contributed by atoms with E-state index in [1.807, 2.05) is 0 Å². The van der Waals surface area contributed by atoms with E-state index in [-0.39, 0.29) is 11.9 Å². The second-order valence-corrected chi connectivity index (χ2v) is 4.97. The number of likely N-dealkylation sites (tertiary alicyclic amines) is 1. The molecule has 0 saturated carbocycles. The van der Waals surface area contributed by atoms with E-state index < -0.39 is 6.04 Å². The van der Waals surface area contributed by atoms with Crippen LogP contribution in [-0.4, -0.2) is 36.5 Å². The maximum Gasteiger partial charge on any atom is 0.317 e. The zero-order chi connectivity index (χ0) is 14.5. The number of carbonyl (C=O) groups excluding carboxylic acids is 2. The average molecular weight is 297 g/mol. The third-order valence-electron chi connectivity index (χ3n) is 3.18. The van der Waals surface area contributed by atoms with Crippen LogP contribution in [0.5, 0.6) is 0 Å². The fraction of sp³-hybridized carbons (Fsp3) is 0.385. The lowest BCUT2D eigenvalue weighted by Crippen LogP contribution is -2.49. The van der Waals surface area contributed by atoms with Crippen LogP contribution in [0.3, 0.4) is 0 Å². The molecule has 1 aliphatic rings. The minimum Gasteiger partial charge on any atom is -0.341 e. The highest BCUT2D eigenvalue weighted by Crippen LogP contribution is 2.18. The fourth-order valence-electron chi connectivity index (χ4n) is 2.21. The van der Waals surface area contributed by atoms with Crippen molar-refractivity contribution in [1.29, 1.82) is 0 Å². The van der Waals surface area contributed by atoms with Crippen molar-refractivity contribution in [2.75, 3.05) is 19.0 Å². The first-order chi connectivity index (χ1) is 9.61. The van der Waals surface area contributed by atoms with Gasteiger partial charge >= 0.3 is 6.03 Å². The van der Waals surface area contributed by atoms with Gasteiger partial charge in [0.25, 0.3) is 5.91 Å². The second kappa shape index (κ2) is 6.47. The van der Waals surface area contributed by atoms with Crippen LogP contribution in [0.1, 0.15) is 12.8 Å². The number of hydrogen-bond acceptors (Lipinski definition) is 3. The molecule has 1 aliphatic heterocycles. The molecule has 1 saturated heterocycles. The first-order valence-corrected chi connectivity index (χ1v) is 6.79. The zero-order valence-corrected chi connectivity index (χ0v) is 11.9. The lowest BCUT2D eigenvalue weighted by Gasteiger charge is -2.23. The Bertz CT molecular complexity index is 509. The van der Waals surface area contributed by atoms with Crippen LogP contribution >= 0.6 is 11.6 Å². The Hall–Kier alpha value is -1.95. The van der Waals surface area contributed by atoms with Gasteiger partial charge in [0, 0.05) is 18.6 Å². The minimum atomic E-state index is -0.443. The van der Waals surface area contributed by atoms with E-state index in [1.165, 1.54) is 4.90 Å². The number of hydrogen-bond donors (Lipinski definition) is 3. The Balaban J connectivity index is 1.93. The molecule has 1 aromatic rings. The third-order valence-corrected chi connectivity index (χ3v) is 3.42. The number of halogens is 1. The topological polar surface area (TPSA) is 73.5 Å². The Labute approximate surface area is 122 Å².